The van der Waals surface area contributed by atoms with Crippen molar-refractivity contribution < 1.29 is 24.1 Å². The zero-order chi connectivity index (χ0) is 12.8. The molecule has 1 aromatic carbocycles. The second-order valence-corrected chi connectivity index (χ2v) is 3.27. The largest absolute Gasteiger partial charge is 0.493 e. The first-order chi connectivity index (χ1) is 8.13. The van der Waals surface area contributed by atoms with Gasteiger partial charge in [-0.1, -0.05) is 6.07 Å². The van der Waals surface area contributed by atoms with Crippen LogP contribution < -0.4 is 9.47 Å². The predicted octanol–water partition coefficient (Wildman–Crippen LogP) is 1.30. The van der Waals surface area contributed by atoms with Gasteiger partial charge in [0.05, 0.1) is 20.8 Å². The van der Waals surface area contributed by atoms with Gasteiger partial charge in [-0.15, -0.1) is 0 Å². The van der Waals surface area contributed by atoms with Gasteiger partial charge in [0.15, 0.2) is 17.6 Å². The molecule has 1 unspecified atom stereocenters. The van der Waals surface area contributed by atoms with Crippen LogP contribution in [0, 0.1) is 0 Å². The van der Waals surface area contributed by atoms with Crippen LogP contribution in [0.15, 0.2) is 18.2 Å². The number of carbonyl (C=O) groups is 1. The van der Waals surface area contributed by atoms with Gasteiger partial charge in [-0.25, -0.2) is 4.79 Å². The van der Waals surface area contributed by atoms with Gasteiger partial charge >= 0.3 is 5.97 Å². The van der Waals surface area contributed by atoms with E-state index < -0.39 is 12.1 Å². The summed E-state index contributed by atoms with van der Waals surface area (Å²) in [5, 5.41) is 9.66. The molecule has 1 atom stereocenters. The Labute approximate surface area is 99.9 Å². The van der Waals surface area contributed by atoms with Crippen molar-refractivity contribution in [1.82, 2.24) is 0 Å². The summed E-state index contributed by atoms with van der Waals surface area (Å²) < 4.78 is 14.9. The summed E-state index contributed by atoms with van der Waals surface area (Å²) in [6.45, 7) is 2.37. The molecule has 0 spiro atoms. The van der Waals surface area contributed by atoms with E-state index in [1.165, 1.54) is 14.2 Å². The number of hydrogen-bond acceptors (Lipinski definition) is 5. The highest BCUT2D eigenvalue weighted by atomic mass is 16.5. The van der Waals surface area contributed by atoms with Crippen molar-refractivity contribution in [3.05, 3.63) is 23.8 Å². The molecular formula is C12H16O5. The maximum atomic E-state index is 11.2. The van der Waals surface area contributed by atoms with Crippen molar-refractivity contribution in [3.8, 4) is 11.5 Å². The highest BCUT2D eigenvalue weighted by Crippen LogP contribution is 2.30. The fraction of sp³-hybridized carbons (Fsp3) is 0.417. The Bertz CT molecular complexity index is 388. The minimum Gasteiger partial charge on any atom is -0.493 e. The Morgan fingerprint density at radius 1 is 1.35 bits per heavy atom. The summed E-state index contributed by atoms with van der Waals surface area (Å²) >= 11 is 0. The molecule has 0 saturated heterocycles. The molecule has 94 valence electrons. The number of hydrogen-bond donors (Lipinski definition) is 1. The van der Waals surface area contributed by atoms with Crippen LogP contribution >= 0.6 is 0 Å². The van der Waals surface area contributed by atoms with E-state index in [2.05, 4.69) is 4.74 Å². The van der Waals surface area contributed by atoms with Gasteiger partial charge in [0, 0.05) is 0 Å². The number of methoxy groups -OCH3 is 2. The number of ether oxygens (including phenoxy) is 3. The Morgan fingerprint density at radius 3 is 2.59 bits per heavy atom. The van der Waals surface area contributed by atoms with E-state index in [4.69, 9.17) is 9.47 Å². The number of benzene rings is 1. The third-order valence-corrected chi connectivity index (χ3v) is 2.23. The lowest BCUT2D eigenvalue weighted by Crippen LogP contribution is -2.13. The van der Waals surface area contributed by atoms with Gasteiger partial charge in [-0.3, -0.25) is 0 Å². The van der Waals surface area contributed by atoms with Gasteiger partial charge in [0.2, 0.25) is 0 Å². The summed E-state index contributed by atoms with van der Waals surface area (Å²) in [6, 6.07) is 4.78. The molecular weight excluding hydrogens is 224 g/mol. The fourth-order valence-electron chi connectivity index (χ4n) is 1.38. The van der Waals surface area contributed by atoms with Crippen molar-refractivity contribution in [2.24, 2.45) is 0 Å². The SMILES string of the molecule is CCOc1ccc(C(O)C(=O)OC)cc1OC. The van der Waals surface area contributed by atoms with Gasteiger partial charge in [0.25, 0.3) is 0 Å². The lowest BCUT2D eigenvalue weighted by Gasteiger charge is -2.13. The fourth-order valence-corrected chi connectivity index (χ4v) is 1.38. The van der Waals surface area contributed by atoms with Gasteiger partial charge in [-0.2, -0.15) is 0 Å². The molecule has 0 bridgehead atoms. The third-order valence-electron chi connectivity index (χ3n) is 2.23. The quantitative estimate of drug-likeness (QED) is 0.786. The molecule has 5 nitrogen and oxygen atoms in total. The first-order valence-corrected chi connectivity index (χ1v) is 5.20. The Balaban J connectivity index is 3.00. The van der Waals surface area contributed by atoms with E-state index in [0.29, 0.717) is 23.7 Å². The average molecular weight is 240 g/mol. The molecule has 0 radical (unpaired) electrons. The topological polar surface area (TPSA) is 65.0 Å². The van der Waals surface area contributed by atoms with Crippen LogP contribution in [0.3, 0.4) is 0 Å². The lowest BCUT2D eigenvalue weighted by atomic mass is 10.1. The summed E-state index contributed by atoms with van der Waals surface area (Å²) in [4.78, 5) is 11.2. The molecule has 5 heteroatoms. The summed E-state index contributed by atoms with van der Waals surface area (Å²) in [7, 11) is 2.71. The molecule has 1 N–H and O–H groups in total. The van der Waals surface area contributed by atoms with E-state index in [1.54, 1.807) is 18.2 Å². The van der Waals surface area contributed by atoms with Crippen LogP contribution in [-0.4, -0.2) is 31.9 Å². The second kappa shape index (κ2) is 6.10. The van der Waals surface area contributed by atoms with Crippen LogP contribution in [0.1, 0.15) is 18.6 Å². The van der Waals surface area contributed by atoms with E-state index in [9.17, 15) is 9.90 Å². The number of carbonyl (C=O) groups excluding carboxylic acids is 1. The van der Waals surface area contributed by atoms with Crippen molar-refractivity contribution in [2.45, 2.75) is 13.0 Å². The Hall–Kier alpha value is -1.75. The smallest absolute Gasteiger partial charge is 0.339 e. The molecule has 0 fully saturated rings. The molecule has 0 aromatic heterocycles. The number of rotatable bonds is 5. The summed E-state index contributed by atoms with van der Waals surface area (Å²) in [6.07, 6.45) is -1.32. The molecule has 0 heterocycles. The highest BCUT2D eigenvalue weighted by molar-refractivity contribution is 5.76. The maximum Gasteiger partial charge on any atom is 0.339 e. The van der Waals surface area contributed by atoms with Crippen LogP contribution in [0.25, 0.3) is 0 Å². The summed E-state index contributed by atoms with van der Waals surface area (Å²) in [5.74, 6) is 0.319. The molecule has 0 saturated carbocycles. The minimum atomic E-state index is -1.32. The molecule has 17 heavy (non-hydrogen) atoms. The van der Waals surface area contributed by atoms with E-state index in [1.807, 2.05) is 6.92 Å². The highest BCUT2D eigenvalue weighted by Gasteiger charge is 2.19. The van der Waals surface area contributed by atoms with Crippen molar-refractivity contribution in [3.63, 3.8) is 0 Å². The first kappa shape index (κ1) is 13.3. The molecule has 0 aliphatic heterocycles. The monoisotopic (exact) mass is 240 g/mol. The van der Waals surface area contributed by atoms with Gasteiger partial charge in [-0.05, 0) is 24.6 Å². The Morgan fingerprint density at radius 2 is 2.06 bits per heavy atom. The minimum absolute atomic E-state index is 0.400. The zero-order valence-corrected chi connectivity index (χ0v) is 10.1. The molecule has 1 aromatic rings. The first-order valence-electron chi connectivity index (χ1n) is 5.20. The number of esters is 1. The molecule has 0 aliphatic carbocycles. The molecule has 0 amide bonds. The number of aliphatic hydroxyl groups excluding tert-OH is 1. The van der Waals surface area contributed by atoms with Gasteiger partial charge in [0.1, 0.15) is 0 Å². The van der Waals surface area contributed by atoms with E-state index in [-0.39, 0.29) is 0 Å². The average Bonchev–Trinajstić information content (AvgIpc) is 2.37. The third kappa shape index (κ3) is 3.10. The molecule has 1 rings (SSSR count). The van der Waals surface area contributed by atoms with Gasteiger partial charge < -0.3 is 19.3 Å². The Kier molecular flexibility index (Phi) is 4.78. The van der Waals surface area contributed by atoms with Crippen LogP contribution in [0.2, 0.25) is 0 Å². The van der Waals surface area contributed by atoms with Crippen LogP contribution in [-0.2, 0) is 9.53 Å². The molecule has 0 aliphatic rings. The van der Waals surface area contributed by atoms with Crippen LogP contribution in [0.5, 0.6) is 11.5 Å². The summed E-state index contributed by atoms with van der Waals surface area (Å²) in [5.41, 5.74) is 0.400. The predicted molar refractivity (Wildman–Crippen MR) is 61.1 cm³/mol. The number of aliphatic hydroxyl groups is 1. The van der Waals surface area contributed by atoms with E-state index >= 15 is 0 Å². The zero-order valence-electron chi connectivity index (χ0n) is 10.1. The van der Waals surface area contributed by atoms with Crippen LogP contribution in [0.4, 0.5) is 0 Å². The maximum absolute atomic E-state index is 11.2. The normalized spacial score (nSPS) is 11.8. The standard InChI is InChI=1S/C12H16O5/c1-4-17-9-6-5-8(7-10(9)15-2)11(13)12(14)16-3/h5-7,11,13H,4H2,1-3H3. The van der Waals surface area contributed by atoms with Crippen molar-refractivity contribution >= 4 is 5.97 Å². The van der Waals surface area contributed by atoms with Crippen molar-refractivity contribution in [2.75, 3.05) is 20.8 Å². The van der Waals surface area contributed by atoms with Crippen molar-refractivity contribution in [1.29, 1.82) is 0 Å². The second-order valence-electron chi connectivity index (χ2n) is 3.27. The lowest BCUT2D eigenvalue weighted by molar-refractivity contribution is -0.150. The van der Waals surface area contributed by atoms with E-state index in [0.717, 1.165) is 0 Å².